The number of fused-ring (bicyclic) bond motifs is 4. The van der Waals surface area contributed by atoms with Crippen LogP contribution in [0.1, 0.15) is 16.0 Å². The first-order valence-electron chi connectivity index (χ1n) is 8.52. The second kappa shape index (κ2) is 5.90. The molecular weight excluding hydrogens is 331 g/mol. The quantitative estimate of drug-likeness (QED) is 0.498. The fourth-order valence-electron chi connectivity index (χ4n) is 3.81. The summed E-state index contributed by atoms with van der Waals surface area (Å²) in [7, 11) is 0. The van der Waals surface area contributed by atoms with Gasteiger partial charge in [-0.2, -0.15) is 0 Å². The molecule has 5 rings (SSSR count). The largest absolute Gasteiger partial charge is 0.294 e. The third-order valence-electron chi connectivity index (χ3n) is 5.03. The Morgan fingerprint density at radius 1 is 1.08 bits per heavy atom. The van der Waals surface area contributed by atoms with E-state index in [1.165, 1.54) is 31.5 Å². The Bertz CT molecular complexity index is 1080. The van der Waals surface area contributed by atoms with Crippen molar-refractivity contribution in [2.75, 3.05) is 6.54 Å². The molecule has 0 saturated heterocycles. The van der Waals surface area contributed by atoms with Gasteiger partial charge in [0.1, 0.15) is 5.82 Å². The molecule has 2 aromatic heterocycles. The van der Waals surface area contributed by atoms with E-state index in [0.717, 1.165) is 31.4 Å². The van der Waals surface area contributed by atoms with Crippen molar-refractivity contribution in [2.24, 2.45) is 0 Å². The van der Waals surface area contributed by atoms with Crippen LogP contribution < -0.4 is 0 Å². The van der Waals surface area contributed by atoms with Gasteiger partial charge in [0.05, 0.1) is 0 Å². The highest BCUT2D eigenvalue weighted by atomic mass is 32.1. The maximum Gasteiger partial charge on any atom is 0.123 e. The fourth-order valence-corrected chi connectivity index (χ4v) is 5.08. The molecule has 4 aromatic rings. The Labute approximate surface area is 149 Å². The molecule has 0 N–H and O–H groups in total. The Morgan fingerprint density at radius 3 is 2.96 bits per heavy atom. The Kier molecular flexibility index (Phi) is 3.54. The van der Waals surface area contributed by atoms with Crippen molar-refractivity contribution in [2.45, 2.75) is 19.5 Å². The van der Waals surface area contributed by atoms with Crippen LogP contribution in [0.15, 0.2) is 54.9 Å². The summed E-state index contributed by atoms with van der Waals surface area (Å²) in [5.74, 6) is -0.141. The lowest BCUT2D eigenvalue weighted by molar-refractivity contribution is 0.250. The minimum absolute atomic E-state index is 0.141. The van der Waals surface area contributed by atoms with Crippen molar-refractivity contribution in [3.63, 3.8) is 0 Å². The van der Waals surface area contributed by atoms with Gasteiger partial charge in [0.25, 0.3) is 0 Å². The van der Waals surface area contributed by atoms with Crippen molar-refractivity contribution in [3.8, 4) is 0 Å². The van der Waals surface area contributed by atoms with Crippen LogP contribution >= 0.6 is 11.3 Å². The smallest absolute Gasteiger partial charge is 0.123 e. The number of hydrogen-bond donors (Lipinski definition) is 0. The van der Waals surface area contributed by atoms with E-state index in [0.29, 0.717) is 0 Å². The van der Waals surface area contributed by atoms with Crippen molar-refractivity contribution in [1.82, 2.24) is 9.88 Å². The van der Waals surface area contributed by atoms with Crippen LogP contribution in [0.2, 0.25) is 0 Å². The van der Waals surface area contributed by atoms with Crippen molar-refractivity contribution < 1.29 is 4.39 Å². The zero-order valence-corrected chi connectivity index (χ0v) is 14.5. The molecule has 1 aliphatic heterocycles. The zero-order valence-electron chi connectivity index (χ0n) is 13.7. The van der Waals surface area contributed by atoms with Crippen molar-refractivity contribution in [1.29, 1.82) is 0 Å². The summed E-state index contributed by atoms with van der Waals surface area (Å²) in [6.07, 6.45) is 4.89. The van der Waals surface area contributed by atoms with E-state index in [-0.39, 0.29) is 5.82 Å². The zero-order chi connectivity index (χ0) is 16.8. The lowest BCUT2D eigenvalue weighted by atomic mass is 10.0. The van der Waals surface area contributed by atoms with E-state index in [1.807, 2.05) is 18.5 Å². The van der Waals surface area contributed by atoms with Gasteiger partial charge in [0.2, 0.25) is 0 Å². The molecule has 0 unspecified atom stereocenters. The molecule has 0 saturated carbocycles. The van der Waals surface area contributed by atoms with Crippen LogP contribution in [0.25, 0.3) is 20.9 Å². The monoisotopic (exact) mass is 348 g/mol. The second-order valence-electron chi connectivity index (χ2n) is 6.62. The molecule has 0 bridgehead atoms. The second-order valence-corrected chi connectivity index (χ2v) is 7.76. The molecule has 0 fully saturated rings. The first-order chi connectivity index (χ1) is 12.3. The highest BCUT2D eigenvalue weighted by Crippen LogP contribution is 2.36. The molecule has 2 nitrogen and oxygen atoms in total. The normalized spacial score (nSPS) is 14.9. The molecule has 0 radical (unpaired) electrons. The number of aromatic nitrogens is 1. The van der Waals surface area contributed by atoms with E-state index in [2.05, 4.69) is 34.1 Å². The van der Waals surface area contributed by atoms with Gasteiger partial charge in [0.15, 0.2) is 0 Å². The topological polar surface area (TPSA) is 16.1 Å². The van der Waals surface area contributed by atoms with Crippen LogP contribution in [0, 0.1) is 5.82 Å². The van der Waals surface area contributed by atoms with Crippen LogP contribution in [-0.4, -0.2) is 16.4 Å². The Hall–Kier alpha value is -2.30. The van der Waals surface area contributed by atoms with Gasteiger partial charge in [-0.3, -0.25) is 9.88 Å². The minimum atomic E-state index is -0.141. The van der Waals surface area contributed by atoms with E-state index in [1.54, 1.807) is 23.5 Å². The predicted molar refractivity (Wildman–Crippen MR) is 101 cm³/mol. The summed E-state index contributed by atoms with van der Waals surface area (Å²) < 4.78 is 14.8. The summed E-state index contributed by atoms with van der Waals surface area (Å²) >= 11 is 1.80. The minimum Gasteiger partial charge on any atom is -0.294 e. The molecule has 124 valence electrons. The summed E-state index contributed by atoms with van der Waals surface area (Å²) in [6, 6.07) is 13.6. The van der Waals surface area contributed by atoms with Crippen LogP contribution in [0.3, 0.4) is 0 Å². The van der Waals surface area contributed by atoms with Gasteiger partial charge in [0, 0.05) is 47.0 Å². The highest BCUT2D eigenvalue weighted by molar-refractivity contribution is 7.19. The molecule has 0 amide bonds. The summed E-state index contributed by atoms with van der Waals surface area (Å²) in [5, 5.41) is 3.57. The fraction of sp³-hybridized carbons (Fsp3) is 0.190. The number of nitrogens with zero attached hydrogens (tertiary/aromatic N) is 2. The third-order valence-corrected chi connectivity index (χ3v) is 6.22. The molecule has 0 atom stereocenters. The number of thiophene rings is 1. The Morgan fingerprint density at radius 2 is 2.00 bits per heavy atom. The van der Waals surface area contributed by atoms with Crippen LogP contribution in [0.4, 0.5) is 4.39 Å². The molecule has 0 aliphatic carbocycles. The number of pyridine rings is 1. The van der Waals surface area contributed by atoms with Gasteiger partial charge in [-0.15, -0.1) is 11.3 Å². The van der Waals surface area contributed by atoms with Gasteiger partial charge in [-0.1, -0.05) is 24.3 Å². The van der Waals surface area contributed by atoms with Gasteiger partial charge < -0.3 is 0 Å². The lowest BCUT2D eigenvalue weighted by Crippen LogP contribution is -2.29. The first-order valence-corrected chi connectivity index (χ1v) is 9.33. The van der Waals surface area contributed by atoms with Gasteiger partial charge >= 0.3 is 0 Å². The summed E-state index contributed by atoms with van der Waals surface area (Å²) in [5.41, 5.74) is 2.61. The van der Waals surface area contributed by atoms with E-state index < -0.39 is 0 Å². The van der Waals surface area contributed by atoms with Crippen LogP contribution in [0.5, 0.6) is 0 Å². The molecule has 25 heavy (non-hydrogen) atoms. The molecule has 4 heteroatoms. The molecule has 3 heterocycles. The summed E-state index contributed by atoms with van der Waals surface area (Å²) in [6.45, 7) is 2.83. The average Bonchev–Trinajstić information content (AvgIpc) is 2.99. The third kappa shape index (κ3) is 2.62. The van der Waals surface area contributed by atoms with Gasteiger partial charge in [-0.05, 0) is 46.5 Å². The molecule has 0 spiro atoms. The number of halogens is 1. The van der Waals surface area contributed by atoms with Crippen molar-refractivity contribution in [3.05, 3.63) is 76.7 Å². The van der Waals surface area contributed by atoms with E-state index >= 15 is 0 Å². The number of benzene rings is 2. The van der Waals surface area contributed by atoms with Crippen LogP contribution in [-0.2, 0) is 19.5 Å². The molecular formula is C21H17FN2S. The maximum atomic E-state index is 13.6. The lowest BCUT2D eigenvalue weighted by Gasteiger charge is -2.27. The number of rotatable bonds is 2. The predicted octanol–water partition coefficient (Wildman–Crippen LogP) is 5.15. The maximum absolute atomic E-state index is 13.6. The molecule has 1 aliphatic rings. The SMILES string of the molecule is Fc1ccc2sc3c(c2c1)CCN(Cc1cncc2ccccc12)C3. The molecule has 2 aromatic carbocycles. The van der Waals surface area contributed by atoms with Gasteiger partial charge in [-0.25, -0.2) is 4.39 Å². The number of hydrogen-bond acceptors (Lipinski definition) is 3. The Balaban J connectivity index is 1.46. The highest BCUT2D eigenvalue weighted by Gasteiger charge is 2.21. The standard InChI is InChI=1S/C21H17FN2S/c22-16-5-6-20-19(9-16)18-7-8-24(13-21(18)25-20)12-15-11-23-10-14-3-1-2-4-17(14)15/h1-6,9-11H,7-8,12-13H2. The van der Waals surface area contributed by atoms with E-state index in [9.17, 15) is 4.39 Å². The van der Waals surface area contributed by atoms with Crippen molar-refractivity contribution >= 4 is 32.2 Å². The summed E-state index contributed by atoms with van der Waals surface area (Å²) in [4.78, 5) is 8.25. The first kappa shape index (κ1) is 15.0. The van der Waals surface area contributed by atoms with E-state index in [4.69, 9.17) is 0 Å². The average molecular weight is 348 g/mol.